The molecule has 0 radical (unpaired) electrons. The summed E-state index contributed by atoms with van der Waals surface area (Å²) in [7, 11) is 0. The zero-order valence-electron chi connectivity index (χ0n) is 13.3. The first-order valence-corrected chi connectivity index (χ1v) is 8.00. The van der Waals surface area contributed by atoms with Crippen molar-refractivity contribution in [2.24, 2.45) is 5.92 Å². The first-order valence-electron chi connectivity index (χ1n) is 8.00. The summed E-state index contributed by atoms with van der Waals surface area (Å²) in [6.45, 7) is 3.81. The van der Waals surface area contributed by atoms with Gasteiger partial charge in [0.1, 0.15) is 0 Å². The van der Waals surface area contributed by atoms with Gasteiger partial charge in [-0.05, 0) is 56.9 Å². The Morgan fingerprint density at radius 1 is 1.05 bits per heavy atom. The summed E-state index contributed by atoms with van der Waals surface area (Å²) in [5.74, 6) is 0.617. The van der Waals surface area contributed by atoms with E-state index in [1.807, 2.05) is 13.8 Å². The van der Waals surface area contributed by atoms with E-state index in [4.69, 9.17) is 0 Å². The number of benzene rings is 1. The Kier molecular flexibility index (Phi) is 5.81. The highest BCUT2D eigenvalue weighted by Crippen LogP contribution is 2.27. The number of carbonyl (C=O) groups excluding carboxylic acids is 2. The predicted octanol–water partition coefficient (Wildman–Crippen LogP) is 3.74. The summed E-state index contributed by atoms with van der Waals surface area (Å²) in [6, 6.07) is 7.03. The fraction of sp³-hybridized carbons (Fsp3) is 0.529. The van der Waals surface area contributed by atoms with E-state index >= 15 is 0 Å². The molecule has 0 aromatic heterocycles. The van der Waals surface area contributed by atoms with Crippen molar-refractivity contribution in [2.45, 2.75) is 52.0 Å². The van der Waals surface area contributed by atoms with E-state index in [1.54, 1.807) is 24.3 Å². The van der Waals surface area contributed by atoms with Gasteiger partial charge in [0.05, 0.1) is 0 Å². The normalized spacial score (nSPS) is 14.9. The van der Waals surface area contributed by atoms with Crippen LogP contribution in [0.1, 0.15) is 46.0 Å². The smallest absolute Gasteiger partial charge is 0.319 e. The van der Waals surface area contributed by atoms with Crippen LogP contribution < -0.4 is 16.0 Å². The van der Waals surface area contributed by atoms with E-state index in [2.05, 4.69) is 16.0 Å². The molecule has 1 aromatic carbocycles. The molecule has 1 saturated carbocycles. The minimum Gasteiger partial charge on any atom is -0.336 e. The number of anilines is 2. The standard InChI is InChI=1S/C17H25N3O2/c1-12(2)18-17(22)20-15-9-7-14(8-10-15)19-16(21)11-13-5-3-4-6-13/h7-10,12-13H,3-6,11H2,1-2H3,(H,19,21)(H2,18,20,22). The third-order valence-electron chi connectivity index (χ3n) is 3.80. The molecule has 0 spiro atoms. The lowest BCUT2D eigenvalue weighted by molar-refractivity contribution is -0.117. The van der Waals surface area contributed by atoms with Gasteiger partial charge in [-0.1, -0.05) is 12.8 Å². The molecular weight excluding hydrogens is 278 g/mol. The highest BCUT2D eigenvalue weighted by atomic mass is 16.2. The molecule has 22 heavy (non-hydrogen) atoms. The summed E-state index contributed by atoms with van der Waals surface area (Å²) >= 11 is 0. The third-order valence-corrected chi connectivity index (χ3v) is 3.80. The van der Waals surface area contributed by atoms with E-state index in [1.165, 1.54) is 25.7 Å². The zero-order valence-corrected chi connectivity index (χ0v) is 13.3. The number of hydrogen-bond acceptors (Lipinski definition) is 2. The first-order chi connectivity index (χ1) is 10.5. The Balaban J connectivity index is 1.80. The van der Waals surface area contributed by atoms with Gasteiger partial charge in [0.25, 0.3) is 0 Å². The molecule has 0 saturated heterocycles. The van der Waals surface area contributed by atoms with Crippen molar-refractivity contribution in [3.63, 3.8) is 0 Å². The second-order valence-corrected chi connectivity index (χ2v) is 6.23. The van der Waals surface area contributed by atoms with Crippen LogP contribution in [0.25, 0.3) is 0 Å². The summed E-state index contributed by atoms with van der Waals surface area (Å²) in [6.07, 6.45) is 5.44. The van der Waals surface area contributed by atoms with E-state index in [0.29, 0.717) is 18.0 Å². The van der Waals surface area contributed by atoms with Gasteiger partial charge in [0, 0.05) is 23.8 Å². The number of carbonyl (C=O) groups is 2. The Morgan fingerprint density at radius 2 is 1.59 bits per heavy atom. The molecule has 3 N–H and O–H groups in total. The summed E-state index contributed by atoms with van der Waals surface area (Å²) in [5.41, 5.74) is 1.46. The van der Waals surface area contributed by atoms with Crippen molar-refractivity contribution < 1.29 is 9.59 Å². The number of rotatable bonds is 5. The monoisotopic (exact) mass is 303 g/mol. The zero-order chi connectivity index (χ0) is 15.9. The SMILES string of the molecule is CC(C)NC(=O)Nc1ccc(NC(=O)CC2CCCC2)cc1. The molecule has 3 amide bonds. The molecule has 0 heterocycles. The Hall–Kier alpha value is -2.04. The van der Waals surface area contributed by atoms with Gasteiger partial charge in [-0.3, -0.25) is 4.79 Å². The topological polar surface area (TPSA) is 70.2 Å². The van der Waals surface area contributed by atoms with Gasteiger partial charge < -0.3 is 16.0 Å². The van der Waals surface area contributed by atoms with Gasteiger partial charge in [-0.25, -0.2) is 4.79 Å². The Morgan fingerprint density at radius 3 is 2.14 bits per heavy atom. The molecule has 1 fully saturated rings. The number of amides is 3. The molecule has 120 valence electrons. The van der Waals surface area contributed by atoms with Gasteiger partial charge in [-0.15, -0.1) is 0 Å². The van der Waals surface area contributed by atoms with Crippen LogP contribution in [0.3, 0.4) is 0 Å². The van der Waals surface area contributed by atoms with Crippen LogP contribution in [0.2, 0.25) is 0 Å². The van der Waals surface area contributed by atoms with Crippen molar-refractivity contribution in [3.8, 4) is 0 Å². The molecule has 0 atom stereocenters. The molecular formula is C17H25N3O2. The average Bonchev–Trinajstić information content (AvgIpc) is 2.92. The molecule has 5 heteroatoms. The second-order valence-electron chi connectivity index (χ2n) is 6.23. The third kappa shape index (κ3) is 5.39. The van der Waals surface area contributed by atoms with Crippen molar-refractivity contribution in [1.82, 2.24) is 5.32 Å². The van der Waals surface area contributed by atoms with Crippen molar-refractivity contribution in [1.29, 1.82) is 0 Å². The predicted molar refractivity (Wildman–Crippen MR) is 88.9 cm³/mol. The van der Waals surface area contributed by atoms with Crippen LogP contribution in [0.4, 0.5) is 16.2 Å². The molecule has 2 rings (SSSR count). The van der Waals surface area contributed by atoms with E-state index in [9.17, 15) is 9.59 Å². The summed E-state index contributed by atoms with van der Waals surface area (Å²) in [4.78, 5) is 23.5. The summed E-state index contributed by atoms with van der Waals surface area (Å²) in [5, 5.41) is 8.42. The van der Waals surface area contributed by atoms with Crippen molar-refractivity contribution in [2.75, 3.05) is 10.6 Å². The molecule has 0 aliphatic heterocycles. The summed E-state index contributed by atoms with van der Waals surface area (Å²) < 4.78 is 0. The van der Waals surface area contributed by atoms with Crippen molar-refractivity contribution >= 4 is 23.3 Å². The lowest BCUT2D eigenvalue weighted by Crippen LogP contribution is -2.34. The van der Waals surface area contributed by atoms with Gasteiger partial charge >= 0.3 is 6.03 Å². The Labute approximate surface area is 131 Å². The van der Waals surface area contributed by atoms with E-state index in [0.717, 1.165) is 5.69 Å². The molecule has 1 aliphatic rings. The maximum absolute atomic E-state index is 12.0. The van der Waals surface area contributed by atoms with Crippen LogP contribution in [0.15, 0.2) is 24.3 Å². The van der Waals surface area contributed by atoms with E-state index in [-0.39, 0.29) is 18.0 Å². The second kappa shape index (κ2) is 7.82. The van der Waals surface area contributed by atoms with Crippen LogP contribution >= 0.6 is 0 Å². The molecule has 0 bridgehead atoms. The largest absolute Gasteiger partial charge is 0.336 e. The highest BCUT2D eigenvalue weighted by Gasteiger charge is 2.18. The molecule has 0 unspecified atom stereocenters. The van der Waals surface area contributed by atoms with Crippen molar-refractivity contribution in [3.05, 3.63) is 24.3 Å². The minimum atomic E-state index is -0.229. The Bertz CT molecular complexity index is 505. The molecule has 1 aromatic rings. The highest BCUT2D eigenvalue weighted by molar-refractivity contribution is 5.92. The molecule has 5 nitrogen and oxygen atoms in total. The minimum absolute atomic E-state index is 0.0742. The maximum atomic E-state index is 12.0. The number of nitrogens with one attached hydrogen (secondary N) is 3. The number of hydrogen-bond donors (Lipinski definition) is 3. The van der Waals surface area contributed by atoms with Crippen LogP contribution in [0, 0.1) is 5.92 Å². The van der Waals surface area contributed by atoms with Crippen LogP contribution in [-0.2, 0) is 4.79 Å². The van der Waals surface area contributed by atoms with Gasteiger partial charge in [-0.2, -0.15) is 0 Å². The molecule has 1 aliphatic carbocycles. The van der Waals surface area contributed by atoms with Gasteiger partial charge in [0.15, 0.2) is 0 Å². The van der Waals surface area contributed by atoms with E-state index < -0.39 is 0 Å². The van der Waals surface area contributed by atoms with Crippen LogP contribution in [-0.4, -0.2) is 18.0 Å². The average molecular weight is 303 g/mol. The lowest BCUT2D eigenvalue weighted by Gasteiger charge is -2.12. The lowest BCUT2D eigenvalue weighted by atomic mass is 10.0. The first kappa shape index (κ1) is 16.3. The maximum Gasteiger partial charge on any atom is 0.319 e. The number of urea groups is 1. The fourth-order valence-corrected chi connectivity index (χ4v) is 2.75. The van der Waals surface area contributed by atoms with Crippen LogP contribution in [0.5, 0.6) is 0 Å². The quantitative estimate of drug-likeness (QED) is 0.775. The fourth-order valence-electron chi connectivity index (χ4n) is 2.75. The van der Waals surface area contributed by atoms with Gasteiger partial charge in [0.2, 0.25) is 5.91 Å².